The van der Waals surface area contributed by atoms with E-state index in [1.807, 2.05) is 0 Å². The molecule has 1 aromatic carbocycles. The second-order valence-corrected chi connectivity index (χ2v) is 4.53. The summed E-state index contributed by atoms with van der Waals surface area (Å²) in [4.78, 5) is 0. The summed E-state index contributed by atoms with van der Waals surface area (Å²) in [5.41, 5.74) is 2.99. The summed E-state index contributed by atoms with van der Waals surface area (Å²) in [6, 6.07) is 9.23. The molecule has 1 rings (SSSR count). The Morgan fingerprint density at radius 1 is 1.00 bits per heavy atom. The van der Waals surface area contributed by atoms with Gasteiger partial charge in [-0.3, -0.25) is 0 Å². The van der Waals surface area contributed by atoms with Crippen LogP contribution in [-0.2, 0) is 6.42 Å². The molecule has 84 valence electrons. The van der Waals surface area contributed by atoms with E-state index in [4.69, 9.17) is 0 Å². The quantitative estimate of drug-likeness (QED) is 0.616. The van der Waals surface area contributed by atoms with E-state index in [9.17, 15) is 0 Å². The highest BCUT2D eigenvalue weighted by Crippen LogP contribution is 2.21. The van der Waals surface area contributed by atoms with E-state index in [-0.39, 0.29) is 0 Å². The molecule has 0 spiro atoms. The van der Waals surface area contributed by atoms with Crippen molar-refractivity contribution in [3.63, 3.8) is 0 Å². The van der Waals surface area contributed by atoms with Gasteiger partial charge in [-0.1, -0.05) is 57.9 Å². The fraction of sp³-hybridized carbons (Fsp3) is 0.600. The molecule has 0 amide bonds. The first-order chi connectivity index (χ1) is 7.27. The van der Waals surface area contributed by atoms with Crippen molar-refractivity contribution in [3.8, 4) is 0 Å². The van der Waals surface area contributed by atoms with Crippen LogP contribution >= 0.6 is 0 Å². The molecular weight excluding hydrogens is 180 g/mol. The van der Waals surface area contributed by atoms with Crippen molar-refractivity contribution >= 4 is 0 Å². The molecule has 0 saturated heterocycles. The highest BCUT2D eigenvalue weighted by Gasteiger charge is 2.03. The third-order valence-corrected chi connectivity index (χ3v) is 3.09. The van der Waals surface area contributed by atoms with Crippen LogP contribution in [0.1, 0.15) is 63.5 Å². The average Bonchev–Trinajstić information content (AvgIpc) is 2.27. The lowest BCUT2D eigenvalue weighted by molar-refractivity contribution is 0.664. The van der Waals surface area contributed by atoms with Gasteiger partial charge in [0.15, 0.2) is 0 Å². The van der Waals surface area contributed by atoms with Gasteiger partial charge in [0.2, 0.25) is 0 Å². The normalized spacial score (nSPS) is 12.7. The maximum atomic E-state index is 2.32. The van der Waals surface area contributed by atoms with E-state index in [0.717, 1.165) is 5.92 Å². The van der Waals surface area contributed by atoms with Crippen LogP contribution in [0.15, 0.2) is 24.3 Å². The molecule has 0 unspecified atom stereocenters. The van der Waals surface area contributed by atoms with Crippen LogP contribution in [0.25, 0.3) is 0 Å². The van der Waals surface area contributed by atoms with Gasteiger partial charge in [0.1, 0.15) is 0 Å². The Labute approximate surface area is 94.7 Å². The highest BCUT2D eigenvalue weighted by molar-refractivity contribution is 5.25. The van der Waals surface area contributed by atoms with Crippen molar-refractivity contribution in [2.75, 3.05) is 0 Å². The van der Waals surface area contributed by atoms with E-state index in [1.54, 1.807) is 0 Å². The maximum Gasteiger partial charge on any atom is -0.0190 e. The fourth-order valence-corrected chi connectivity index (χ4v) is 1.99. The first-order valence-corrected chi connectivity index (χ1v) is 6.36. The molecule has 0 aromatic heterocycles. The predicted octanol–water partition coefficient (Wildman–Crippen LogP) is 4.93. The maximum absolute atomic E-state index is 2.32. The van der Waals surface area contributed by atoms with Crippen LogP contribution in [0.5, 0.6) is 0 Å². The molecule has 0 N–H and O–H groups in total. The molecule has 0 heteroatoms. The molecule has 0 aliphatic rings. The Bertz CT molecular complexity index is 258. The molecule has 0 nitrogen and oxygen atoms in total. The van der Waals surface area contributed by atoms with Gasteiger partial charge < -0.3 is 0 Å². The van der Waals surface area contributed by atoms with E-state index < -0.39 is 0 Å². The highest BCUT2D eigenvalue weighted by atomic mass is 14.1. The van der Waals surface area contributed by atoms with E-state index in [2.05, 4.69) is 45.0 Å². The lowest BCUT2D eigenvalue weighted by Crippen LogP contribution is -1.93. The van der Waals surface area contributed by atoms with Gasteiger partial charge in [0.05, 0.1) is 0 Å². The number of aryl methyl sites for hydroxylation is 1. The number of rotatable bonds is 6. The minimum Gasteiger partial charge on any atom is -0.0654 e. The minimum absolute atomic E-state index is 0.718. The Morgan fingerprint density at radius 2 is 1.67 bits per heavy atom. The SMILES string of the molecule is CCCCc1ccc([C@H](C)CCC)cc1. The Hall–Kier alpha value is -0.780. The molecule has 15 heavy (non-hydrogen) atoms. The molecule has 0 aliphatic heterocycles. The van der Waals surface area contributed by atoms with Crippen LogP contribution in [0, 0.1) is 0 Å². The largest absolute Gasteiger partial charge is 0.0654 e. The standard InChI is InChI=1S/C15H24/c1-4-6-8-14-9-11-15(12-10-14)13(3)7-5-2/h9-13H,4-8H2,1-3H3/t13-/m1/s1. The van der Waals surface area contributed by atoms with Crippen molar-refractivity contribution in [2.24, 2.45) is 0 Å². The molecule has 0 fully saturated rings. The number of benzene rings is 1. The number of unbranched alkanes of at least 4 members (excludes halogenated alkanes) is 1. The zero-order chi connectivity index (χ0) is 11.1. The second kappa shape index (κ2) is 6.66. The third kappa shape index (κ3) is 4.07. The Morgan fingerprint density at radius 3 is 2.20 bits per heavy atom. The summed E-state index contributed by atoms with van der Waals surface area (Å²) in [5.74, 6) is 0.718. The van der Waals surface area contributed by atoms with Gasteiger partial charge in [0, 0.05) is 0 Å². The topological polar surface area (TPSA) is 0 Å². The monoisotopic (exact) mass is 204 g/mol. The third-order valence-electron chi connectivity index (χ3n) is 3.09. The zero-order valence-corrected chi connectivity index (χ0v) is 10.4. The van der Waals surface area contributed by atoms with Crippen LogP contribution < -0.4 is 0 Å². The summed E-state index contributed by atoms with van der Waals surface area (Å²) in [7, 11) is 0. The lowest BCUT2D eigenvalue weighted by Gasteiger charge is -2.11. The molecule has 1 aromatic rings. The molecule has 0 saturated carbocycles. The minimum atomic E-state index is 0.718. The molecule has 0 heterocycles. The molecule has 0 bridgehead atoms. The summed E-state index contributed by atoms with van der Waals surface area (Å²) in [5, 5.41) is 0. The first-order valence-electron chi connectivity index (χ1n) is 6.36. The van der Waals surface area contributed by atoms with Crippen molar-refractivity contribution in [2.45, 2.75) is 58.8 Å². The summed E-state index contributed by atoms with van der Waals surface area (Å²) in [6.07, 6.45) is 6.41. The van der Waals surface area contributed by atoms with Gasteiger partial charge in [0.25, 0.3) is 0 Å². The fourth-order valence-electron chi connectivity index (χ4n) is 1.99. The first kappa shape index (κ1) is 12.3. The van der Waals surface area contributed by atoms with Crippen molar-refractivity contribution in [1.82, 2.24) is 0 Å². The van der Waals surface area contributed by atoms with Gasteiger partial charge in [-0.15, -0.1) is 0 Å². The smallest absolute Gasteiger partial charge is 0.0190 e. The van der Waals surface area contributed by atoms with Gasteiger partial charge in [-0.2, -0.15) is 0 Å². The summed E-state index contributed by atoms with van der Waals surface area (Å²) in [6.45, 7) is 6.83. The van der Waals surface area contributed by atoms with Crippen molar-refractivity contribution < 1.29 is 0 Å². The van der Waals surface area contributed by atoms with Crippen molar-refractivity contribution in [3.05, 3.63) is 35.4 Å². The van der Waals surface area contributed by atoms with E-state index in [0.29, 0.717) is 0 Å². The second-order valence-electron chi connectivity index (χ2n) is 4.53. The predicted molar refractivity (Wildman–Crippen MR) is 68.4 cm³/mol. The van der Waals surface area contributed by atoms with Crippen LogP contribution in [0.2, 0.25) is 0 Å². The molecule has 0 radical (unpaired) electrons. The number of hydrogen-bond acceptors (Lipinski definition) is 0. The van der Waals surface area contributed by atoms with Crippen LogP contribution in [-0.4, -0.2) is 0 Å². The zero-order valence-electron chi connectivity index (χ0n) is 10.4. The Kier molecular flexibility index (Phi) is 5.45. The summed E-state index contributed by atoms with van der Waals surface area (Å²) < 4.78 is 0. The summed E-state index contributed by atoms with van der Waals surface area (Å²) >= 11 is 0. The van der Waals surface area contributed by atoms with Crippen LogP contribution in [0.3, 0.4) is 0 Å². The average molecular weight is 204 g/mol. The van der Waals surface area contributed by atoms with E-state index in [1.165, 1.54) is 43.2 Å². The van der Waals surface area contributed by atoms with Gasteiger partial charge >= 0.3 is 0 Å². The van der Waals surface area contributed by atoms with Crippen LogP contribution in [0.4, 0.5) is 0 Å². The Balaban J connectivity index is 2.55. The molecular formula is C15H24. The van der Waals surface area contributed by atoms with Crippen molar-refractivity contribution in [1.29, 1.82) is 0 Å². The van der Waals surface area contributed by atoms with Gasteiger partial charge in [-0.25, -0.2) is 0 Å². The van der Waals surface area contributed by atoms with Gasteiger partial charge in [-0.05, 0) is 36.3 Å². The lowest BCUT2D eigenvalue weighted by atomic mass is 9.95. The number of hydrogen-bond donors (Lipinski definition) is 0. The molecule has 1 atom stereocenters. The van der Waals surface area contributed by atoms with E-state index >= 15 is 0 Å². The molecule has 0 aliphatic carbocycles.